The smallest absolute Gasteiger partial charge is 0.212 e. The molecule has 3 rings (SSSR count). The Morgan fingerprint density at radius 1 is 1.12 bits per heavy atom. The molecule has 0 amide bonds. The number of ether oxygens (including phenoxy) is 1. The van der Waals surface area contributed by atoms with Crippen LogP contribution in [0.1, 0.15) is 27.7 Å². The van der Waals surface area contributed by atoms with Gasteiger partial charge in [-0.05, 0) is 12.0 Å². The summed E-state index contributed by atoms with van der Waals surface area (Å²) in [5, 5.41) is 36.1. The second kappa shape index (κ2) is 2.65. The fourth-order valence-electron chi connectivity index (χ4n) is 4.12. The minimum Gasteiger partial charge on any atom is -0.599 e. The van der Waals surface area contributed by atoms with Gasteiger partial charge in [0.15, 0.2) is 12.6 Å². The van der Waals surface area contributed by atoms with E-state index in [2.05, 4.69) is 5.11 Å². The fourth-order valence-corrected chi connectivity index (χ4v) is 4.12. The van der Waals surface area contributed by atoms with Gasteiger partial charge in [-0.1, -0.05) is 18.7 Å². The first-order valence-corrected chi connectivity index (χ1v) is 5.89. The molecule has 2 N–H and O–H groups in total. The zero-order valence-corrected chi connectivity index (χ0v) is 10.4. The maximum atomic E-state index is 12.1. The van der Waals surface area contributed by atoms with Gasteiger partial charge < -0.3 is 20.2 Å². The topological polar surface area (TPSA) is 88.1 Å². The van der Waals surface area contributed by atoms with Gasteiger partial charge in [-0.25, -0.2) is 0 Å². The van der Waals surface area contributed by atoms with Gasteiger partial charge in [0.25, 0.3) is 0 Å². The van der Waals surface area contributed by atoms with Gasteiger partial charge in [0.2, 0.25) is 5.54 Å². The van der Waals surface area contributed by atoms with E-state index in [1.54, 1.807) is 6.92 Å². The maximum absolute atomic E-state index is 12.1. The summed E-state index contributed by atoms with van der Waals surface area (Å²) >= 11 is 0. The third-order valence-corrected chi connectivity index (χ3v) is 5.80. The van der Waals surface area contributed by atoms with Crippen LogP contribution in [-0.2, 0) is 4.74 Å². The van der Waals surface area contributed by atoms with Crippen LogP contribution in [0.5, 0.6) is 0 Å². The summed E-state index contributed by atoms with van der Waals surface area (Å²) in [5.74, 6) is -0.741. The van der Waals surface area contributed by atoms with Gasteiger partial charge in [-0.2, -0.15) is 0 Å². The van der Waals surface area contributed by atoms with Crippen LogP contribution in [0.25, 0.3) is 0 Å². The highest BCUT2D eigenvalue weighted by molar-refractivity contribution is 5.24. The molecule has 0 spiro atoms. The molecule has 96 valence electrons. The van der Waals surface area contributed by atoms with E-state index < -0.39 is 35.0 Å². The number of azo groups is 1. The Balaban J connectivity index is 2.24. The summed E-state index contributed by atoms with van der Waals surface area (Å²) in [5.41, 5.74) is -1.98. The van der Waals surface area contributed by atoms with E-state index in [0.717, 1.165) is 0 Å². The number of rotatable bonds is 0. The third-order valence-electron chi connectivity index (χ3n) is 5.80. The lowest BCUT2D eigenvalue weighted by Crippen LogP contribution is -2.51. The van der Waals surface area contributed by atoms with Gasteiger partial charge in [0, 0.05) is 6.92 Å². The van der Waals surface area contributed by atoms with Crippen molar-refractivity contribution in [2.24, 2.45) is 22.4 Å². The Morgan fingerprint density at radius 3 is 2.24 bits per heavy atom. The minimum atomic E-state index is -1.10. The van der Waals surface area contributed by atoms with Crippen LogP contribution in [0, 0.1) is 22.5 Å². The van der Waals surface area contributed by atoms with Crippen LogP contribution in [0.4, 0.5) is 0 Å². The highest BCUT2D eigenvalue weighted by atomic mass is 16.7. The van der Waals surface area contributed by atoms with Crippen LogP contribution >= 0.6 is 0 Å². The first-order chi connectivity index (χ1) is 7.68. The predicted octanol–water partition coefficient (Wildman–Crippen LogP) is 0.419. The maximum Gasteiger partial charge on any atom is 0.212 e. The zero-order chi connectivity index (χ0) is 12.8. The number of hydrogen-bond donors (Lipinski definition) is 2. The third kappa shape index (κ3) is 0.851. The molecule has 0 aromatic rings. The predicted molar refractivity (Wildman–Crippen MR) is 56.7 cm³/mol. The zero-order valence-electron chi connectivity index (χ0n) is 10.4. The van der Waals surface area contributed by atoms with Crippen molar-refractivity contribution in [2.75, 3.05) is 0 Å². The van der Waals surface area contributed by atoms with E-state index in [1.165, 1.54) is 0 Å². The van der Waals surface area contributed by atoms with Crippen LogP contribution < -0.4 is 0 Å². The monoisotopic (exact) mass is 242 g/mol. The first kappa shape index (κ1) is 11.4. The van der Waals surface area contributed by atoms with Gasteiger partial charge in [0.05, 0.1) is 17.3 Å². The molecule has 17 heavy (non-hydrogen) atoms. The van der Waals surface area contributed by atoms with E-state index >= 15 is 0 Å². The van der Waals surface area contributed by atoms with Gasteiger partial charge >= 0.3 is 0 Å². The van der Waals surface area contributed by atoms with Crippen molar-refractivity contribution >= 4 is 0 Å². The Kier molecular flexibility index (Phi) is 1.77. The van der Waals surface area contributed by atoms with Crippen molar-refractivity contribution < 1.29 is 19.8 Å². The number of aliphatic hydroxyl groups excluding tert-OH is 2. The molecule has 0 radical (unpaired) electrons. The van der Waals surface area contributed by atoms with Crippen molar-refractivity contribution in [1.82, 2.24) is 0 Å². The van der Waals surface area contributed by atoms with Gasteiger partial charge in [0.1, 0.15) is 5.54 Å². The molecule has 1 aliphatic carbocycles. The number of nitrogens with zero attached hydrogens (tertiary/aromatic N) is 2. The normalized spacial score (nSPS) is 59.3. The van der Waals surface area contributed by atoms with E-state index in [0.29, 0.717) is 4.86 Å². The molecule has 3 aliphatic rings. The quantitative estimate of drug-likeness (QED) is 0.476. The molecule has 0 aromatic carbocycles. The van der Waals surface area contributed by atoms with Crippen molar-refractivity contribution in [3.8, 4) is 0 Å². The molecule has 6 nitrogen and oxygen atoms in total. The molecule has 6 heteroatoms. The first-order valence-electron chi connectivity index (χ1n) is 5.89. The molecule has 2 unspecified atom stereocenters. The van der Waals surface area contributed by atoms with Gasteiger partial charge in [-0.3, -0.25) is 0 Å². The highest BCUT2D eigenvalue weighted by Crippen LogP contribution is 2.69. The van der Waals surface area contributed by atoms with E-state index in [-0.39, 0.29) is 5.92 Å². The number of fused-ring (bicyclic) bond motifs is 5. The minimum absolute atomic E-state index is 0.331. The summed E-state index contributed by atoms with van der Waals surface area (Å²) in [6.07, 6.45) is -2.16. The lowest BCUT2D eigenvalue weighted by Gasteiger charge is -2.35. The SMILES string of the molecule is CC12C3[C@H]([C@H](O)O[C@@H]3O)[C@](C)(N=[N+]1[O-])C2(C)C. The van der Waals surface area contributed by atoms with Crippen molar-refractivity contribution in [1.29, 1.82) is 0 Å². The second-order valence-electron chi connectivity index (χ2n) is 6.26. The summed E-state index contributed by atoms with van der Waals surface area (Å²) in [6, 6.07) is 0. The van der Waals surface area contributed by atoms with Gasteiger partial charge in [-0.15, -0.1) is 0 Å². The molecule has 6 atom stereocenters. The average molecular weight is 242 g/mol. The van der Waals surface area contributed by atoms with Crippen molar-refractivity contribution in [3.05, 3.63) is 5.21 Å². The molecule has 2 aliphatic heterocycles. The van der Waals surface area contributed by atoms with Crippen LogP contribution in [0.3, 0.4) is 0 Å². The van der Waals surface area contributed by atoms with E-state index in [9.17, 15) is 15.4 Å². The fraction of sp³-hybridized carbons (Fsp3) is 1.00. The Bertz CT molecular complexity index is 424. The lowest BCUT2D eigenvalue weighted by atomic mass is 9.68. The van der Waals surface area contributed by atoms with Crippen LogP contribution in [-0.4, -0.2) is 38.7 Å². The molecular formula is C11H18N2O4. The number of hydroxylamine groups is 1. The van der Waals surface area contributed by atoms with Crippen molar-refractivity contribution in [3.63, 3.8) is 0 Å². The van der Waals surface area contributed by atoms with E-state index in [1.807, 2.05) is 20.8 Å². The molecule has 1 saturated carbocycles. The lowest BCUT2D eigenvalue weighted by molar-refractivity contribution is -0.620. The number of hydrogen-bond acceptors (Lipinski definition) is 5. The average Bonchev–Trinajstić information content (AvgIpc) is 2.61. The van der Waals surface area contributed by atoms with E-state index in [4.69, 9.17) is 4.74 Å². The summed E-state index contributed by atoms with van der Waals surface area (Å²) in [4.78, 5) is 0.707. The molecule has 2 bridgehead atoms. The van der Waals surface area contributed by atoms with Crippen LogP contribution in [0.2, 0.25) is 0 Å². The summed E-state index contributed by atoms with van der Waals surface area (Å²) in [7, 11) is 0. The van der Waals surface area contributed by atoms with Crippen LogP contribution in [0.15, 0.2) is 5.11 Å². The molecule has 2 heterocycles. The molecule has 2 fully saturated rings. The molecule has 0 aromatic heterocycles. The highest BCUT2D eigenvalue weighted by Gasteiger charge is 2.84. The largest absolute Gasteiger partial charge is 0.599 e. The summed E-state index contributed by atoms with van der Waals surface area (Å²) < 4.78 is 5.07. The Hall–Kier alpha value is -0.720. The molecule has 1 saturated heterocycles. The molecular weight excluding hydrogens is 224 g/mol. The summed E-state index contributed by atoms with van der Waals surface area (Å²) in [6.45, 7) is 7.58. The van der Waals surface area contributed by atoms with Crippen molar-refractivity contribution in [2.45, 2.75) is 51.4 Å². The standard InChI is InChI=1S/C11H18N2O4/c1-9(2)10(3)5-6(8(15)17-7(5)14)11(9,4)13(16)12-10/h5-8,14-15H,1-4H3/t5-,6?,7-,8+,10+,11?/m1/s1. The number of aliphatic hydroxyl groups is 2. The Morgan fingerprint density at radius 2 is 1.65 bits per heavy atom. The second-order valence-corrected chi connectivity index (χ2v) is 6.26. The Labute approximate surface area is 99.5 Å².